The molecule has 0 aliphatic heterocycles. The van der Waals surface area contributed by atoms with Crippen molar-refractivity contribution >= 4 is 11.9 Å². The van der Waals surface area contributed by atoms with Gasteiger partial charge in [0.05, 0.1) is 18.1 Å². The van der Waals surface area contributed by atoms with Crippen molar-refractivity contribution in [2.45, 2.75) is 84.5 Å². The fourth-order valence-corrected chi connectivity index (χ4v) is 4.75. The molecule has 8 atom stereocenters. The Morgan fingerprint density at radius 3 is 2.61 bits per heavy atom. The van der Waals surface area contributed by atoms with Crippen LogP contribution < -0.4 is 34.7 Å². The summed E-state index contributed by atoms with van der Waals surface area (Å²) >= 11 is 0. The molecule has 0 heterocycles. The van der Waals surface area contributed by atoms with E-state index >= 15 is 0 Å². The first-order valence-corrected chi connectivity index (χ1v) is 11.3. The third-order valence-electron chi connectivity index (χ3n) is 6.72. The zero-order valence-electron chi connectivity index (χ0n) is 19.6. The van der Waals surface area contributed by atoms with E-state index in [-0.39, 0.29) is 71.7 Å². The minimum absolute atomic E-state index is 0. The number of aliphatic carboxylic acids is 1. The molecule has 2 N–H and O–H groups in total. The number of esters is 1. The molecule has 31 heavy (non-hydrogen) atoms. The summed E-state index contributed by atoms with van der Waals surface area (Å²) in [5.41, 5.74) is 1.03. The van der Waals surface area contributed by atoms with Crippen molar-refractivity contribution in [3.05, 3.63) is 23.8 Å². The minimum Gasteiger partial charge on any atom is -0.550 e. The summed E-state index contributed by atoms with van der Waals surface area (Å²) in [7, 11) is 0. The Hall–Kier alpha value is -0.660. The second-order valence-electron chi connectivity index (χ2n) is 9.31. The van der Waals surface area contributed by atoms with Crippen LogP contribution in [0.4, 0.5) is 0 Å². The first-order chi connectivity index (χ1) is 14.1. The molecule has 0 radical (unpaired) electrons. The average Bonchev–Trinajstić information content (AvgIpc) is 2.65. The van der Waals surface area contributed by atoms with Crippen LogP contribution in [-0.2, 0) is 14.3 Å². The maximum absolute atomic E-state index is 12.5. The molecular weight excluding hydrogens is 407 g/mol. The van der Waals surface area contributed by atoms with Gasteiger partial charge in [-0.3, -0.25) is 4.79 Å². The van der Waals surface area contributed by atoms with Crippen molar-refractivity contribution in [3.8, 4) is 0 Å². The number of allylic oxidation sites excluding steroid dienone is 2. The number of carboxylic acid groups (broad SMARTS) is 1. The van der Waals surface area contributed by atoms with E-state index < -0.39 is 18.2 Å². The zero-order chi connectivity index (χ0) is 22.4. The molecule has 7 heteroatoms. The number of carbonyl (C=O) groups excluding carboxylic acids is 2. The van der Waals surface area contributed by atoms with Gasteiger partial charge >= 0.3 is 35.5 Å². The summed E-state index contributed by atoms with van der Waals surface area (Å²) in [5, 5.41) is 30.8. The van der Waals surface area contributed by atoms with Crippen LogP contribution in [0.15, 0.2) is 23.8 Å². The molecule has 2 aliphatic rings. The van der Waals surface area contributed by atoms with E-state index in [1.807, 2.05) is 32.9 Å². The molecule has 6 nitrogen and oxygen atoms in total. The largest absolute Gasteiger partial charge is 1.00 e. The Balaban J connectivity index is 0.00000480. The fraction of sp³-hybridized carbons (Fsp3) is 0.750. The molecule has 2 aliphatic carbocycles. The van der Waals surface area contributed by atoms with Crippen LogP contribution >= 0.6 is 0 Å². The van der Waals surface area contributed by atoms with Gasteiger partial charge < -0.3 is 24.9 Å². The van der Waals surface area contributed by atoms with Crippen LogP contribution in [0.3, 0.4) is 0 Å². The van der Waals surface area contributed by atoms with Crippen molar-refractivity contribution in [1.29, 1.82) is 0 Å². The normalized spacial score (nSPS) is 30.3. The summed E-state index contributed by atoms with van der Waals surface area (Å²) < 4.78 is 5.89. The quantitative estimate of drug-likeness (QED) is 0.344. The topological polar surface area (TPSA) is 107 Å². The van der Waals surface area contributed by atoms with E-state index in [4.69, 9.17) is 4.74 Å². The second kappa shape index (κ2) is 13.1. The van der Waals surface area contributed by atoms with E-state index in [1.165, 1.54) is 0 Å². The Morgan fingerprint density at radius 2 is 2.00 bits per heavy atom. The van der Waals surface area contributed by atoms with Crippen molar-refractivity contribution < 1.29 is 59.2 Å². The molecule has 0 aromatic heterocycles. The van der Waals surface area contributed by atoms with Crippen molar-refractivity contribution in [1.82, 2.24) is 0 Å². The van der Waals surface area contributed by atoms with Crippen LogP contribution in [-0.4, -0.2) is 40.5 Å². The zero-order valence-corrected chi connectivity index (χ0v) is 21.6. The summed E-state index contributed by atoms with van der Waals surface area (Å²) in [4.78, 5) is 23.1. The molecule has 2 rings (SSSR count). The minimum atomic E-state index is -1.23. The number of carbonyl (C=O) groups is 2. The molecular formula is C24H37NaO6. The van der Waals surface area contributed by atoms with Crippen LogP contribution in [0.1, 0.15) is 66.2 Å². The average molecular weight is 445 g/mol. The number of aliphatic hydroxyl groups excluding tert-OH is 2. The summed E-state index contributed by atoms with van der Waals surface area (Å²) in [6.07, 6.45) is 7.13. The molecule has 0 bridgehead atoms. The fourth-order valence-electron chi connectivity index (χ4n) is 4.75. The predicted octanol–water partition coefficient (Wildman–Crippen LogP) is -0.615. The number of hydrogen-bond donors (Lipinski definition) is 2. The van der Waals surface area contributed by atoms with E-state index in [0.29, 0.717) is 25.2 Å². The van der Waals surface area contributed by atoms with Gasteiger partial charge in [-0.15, -0.1) is 0 Å². The number of fused-ring (bicyclic) bond motifs is 1. The van der Waals surface area contributed by atoms with E-state index in [0.717, 1.165) is 18.4 Å². The summed E-state index contributed by atoms with van der Waals surface area (Å²) in [6, 6.07) is 0. The molecule has 0 aromatic carbocycles. The van der Waals surface area contributed by atoms with Gasteiger partial charge in [-0.05, 0) is 42.6 Å². The van der Waals surface area contributed by atoms with Gasteiger partial charge in [0.1, 0.15) is 6.10 Å². The molecule has 0 saturated heterocycles. The maximum Gasteiger partial charge on any atom is 1.00 e. The van der Waals surface area contributed by atoms with Gasteiger partial charge in [-0.2, -0.15) is 0 Å². The SMILES string of the molecule is CC[C@H](C)C(=O)O[C@H]1C[C@H](O)C=C2C=C[C@H](C)[C@H](CC[C@@H](C)C[C@@H](O)CC(=O)[O-])[C@@H]21.[Na+]. The Labute approximate surface area is 208 Å². The third-order valence-corrected chi connectivity index (χ3v) is 6.72. The Morgan fingerprint density at radius 1 is 1.32 bits per heavy atom. The number of ether oxygens (including phenoxy) is 1. The van der Waals surface area contributed by atoms with Gasteiger partial charge in [0.25, 0.3) is 0 Å². The Bertz CT molecular complexity index is 660. The van der Waals surface area contributed by atoms with Gasteiger partial charge in [-0.25, -0.2) is 0 Å². The molecule has 0 spiro atoms. The molecule has 170 valence electrons. The van der Waals surface area contributed by atoms with Crippen molar-refractivity contribution in [3.63, 3.8) is 0 Å². The maximum atomic E-state index is 12.5. The molecule has 0 amide bonds. The van der Waals surface area contributed by atoms with Crippen LogP contribution in [0.5, 0.6) is 0 Å². The second-order valence-corrected chi connectivity index (χ2v) is 9.31. The first kappa shape index (κ1) is 28.4. The van der Waals surface area contributed by atoms with Gasteiger partial charge in [0.2, 0.25) is 0 Å². The number of carboxylic acids is 1. The number of aliphatic hydroxyl groups is 2. The first-order valence-electron chi connectivity index (χ1n) is 11.3. The monoisotopic (exact) mass is 444 g/mol. The van der Waals surface area contributed by atoms with E-state index in [2.05, 4.69) is 13.0 Å². The predicted molar refractivity (Wildman–Crippen MR) is 112 cm³/mol. The smallest absolute Gasteiger partial charge is 0.550 e. The number of rotatable bonds is 10. The van der Waals surface area contributed by atoms with Crippen LogP contribution in [0, 0.1) is 29.6 Å². The number of hydrogen-bond acceptors (Lipinski definition) is 6. The van der Waals surface area contributed by atoms with Gasteiger partial charge in [-0.1, -0.05) is 52.3 Å². The molecule has 0 fully saturated rings. The van der Waals surface area contributed by atoms with Crippen LogP contribution in [0.2, 0.25) is 0 Å². The van der Waals surface area contributed by atoms with Crippen LogP contribution in [0.25, 0.3) is 0 Å². The molecule has 0 saturated carbocycles. The van der Waals surface area contributed by atoms with Crippen molar-refractivity contribution in [2.75, 3.05) is 0 Å². The third kappa shape index (κ3) is 8.32. The molecule has 0 aromatic rings. The standard InChI is InChI=1S/C24H38O6.Na/c1-5-15(3)24(29)30-21-12-19(26)11-17-8-7-16(4)20(23(17)21)9-6-14(2)10-18(25)13-22(27)28;/h7-8,11,14-16,18-21,23,25-26H,5-6,9-10,12-13H2,1-4H3,(H,27,28);/q;+1/p-1/t14-,15+,16+,18-,19-,20+,21+,23-;/m1./s1. The van der Waals surface area contributed by atoms with E-state index in [1.54, 1.807) is 0 Å². The van der Waals surface area contributed by atoms with Crippen molar-refractivity contribution in [2.24, 2.45) is 29.6 Å². The summed E-state index contributed by atoms with van der Waals surface area (Å²) in [5.74, 6) is -0.853. The van der Waals surface area contributed by atoms with Gasteiger partial charge in [0, 0.05) is 24.7 Å². The van der Waals surface area contributed by atoms with E-state index in [9.17, 15) is 24.9 Å². The summed E-state index contributed by atoms with van der Waals surface area (Å²) in [6.45, 7) is 7.99. The van der Waals surface area contributed by atoms with Gasteiger partial charge in [0.15, 0.2) is 0 Å². The Kier molecular flexibility index (Phi) is 12.0. The molecule has 0 unspecified atom stereocenters.